The van der Waals surface area contributed by atoms with Crippen molar-refractivity contribution in [3.63, 3.8) is 0 Å². The number of nitrogens with one attached hydrogen (secondary N) is 1. The summed E-state index contributed by atoms with van der Waals surface area (Å²) in [5.74, 6) is -0.953. The Morgan fingerprint density at radius 3 is 2.84 bits per heavy atom. The van der Waals surface area contributed by atoms with Gasteiger partial charge in [0.05, 0.1) is 18.4 Å². The fourth-order valence-corrected chi connectivity index (χ4v) is 1.96. The van der Waals surface area contributed by atoms with E-state index in [1.165, 1.54) is 6.20 Å². The molecule has 100 valence electrons. The van der Waals surface area contributed by atoms with Crippen molar-refractivity contribution in [3.8, 4) is 0 Å². The van der Waals surface area contributed by atoms with Crippen LogP contribution in [0.3, 0.4) is 0 Å². The molecule has 0 aliphatic rings. The second-order valence-electron chi connectivity index (χ2n) is 4.61. The number of aromatic nitrogens is 2. The third kappa shape index (κ3) is 2.76. The van der Waals surface area contributed by atoms with Crippen LogP contribution in [0.2, 0.25) is 0 Å². The van der Waals surface area contributed by atoms with Gasteiger partial charge >= 0.3 is 5.97 Å². The molecular weight excluding hydrogens is 242 g/mol. The highest BCUT2D eigenvalue weighted by molar-refractivity contribution is 5.88. The maximum atomic E-state index is 11.1. The van der Waals surface area contributed by atoms with E-state index in [9.17, 15) is 4.79 Å². The summed E-state index contributed by atoms with van der Waals surface area (Å²) in [6, 6.07) is 6.14. The van der Waals surface area contributed by atoms with Gasteiger partial charge in [0, 0.05) is 12.7 Å². The van der Waals surface area contributed by atoms with E-state index >= 15 is 0 Å². The molecule has 1 aromatic heterocycles. The minimum Gasteiger partial charge on any atom is -0.478 e. The Labute approximate surface area is 111 Å². The predicted molar refractivity (Wildman–Crippen MR) is 73.4 cm³/mol. The first-order chi connectivity index (χ1) is 8.99. The number of benzene rings is 1. The van der Waals surface area contributed by atoms with Crippen molar-refractivity contribution in [2.45, 2.75) is 20.4 Å². The highest BCUT2D eigenvalue weighted by Crippen LogP contribution is 2.18. The molecule has 0 atom stereocenters. The fourth-order valence-electron chi connectivity index (χ4n) is 1.96. The van der Waals surface area contributed by atoms with E-state index in [-0.39, 0.29) is 5.56 Å². The summed E-state index contributed by atoms with van der Waals surface area (Å²) in [7, 11) is 1.74. The summed E-state index contributed by atoms with van der Waals surface area (Å²) in [5, 5.41) is 16.3. The summed E-state index contributed by atoms with van der Waals surface area (Å²) in [5.41, 5.74) is 4.20. The predicted octanol–water partition coefficient (Wildman–Crippen LogP) is 2.35. The van der Waals surface area contributed by atoms with Crippen LogP contribution in [0.1, 0.15) is 27.2 Å². The zero-order valence-corrected chi connectivity index (χ0v) is 11.3. The van der Waals surface area contributed by atoms with Crippen LogP contribution in [0.5, 0.6) is 0 Å². The van der Waals surface area contributed by atoms with Gasteiger partial charge in [0.2, 0.25) is 0 Å². The highest BCUT2D eigenvalue weighted by atomic mass is 16.4. The van der Waals surface area contributed by atoms with Crippen LogP contribution in [0.15, 0.2) is 24.4 Å². The molecule has 0 fully saturated rings. The standard InChI is InChI=1S/C14H17N3O2/c1-9-4-5-10(2)12(6-9)15-8-13-11(14(18)19)7-16-17(13)3/h4-7,15H,8H2,1-3H3,(H,18,19). The molecule has 2 aromatic rings. The number of carboxylic acid groups (broad SMARTS) is 1. The number of anilines is 1. The average Bonchev–Trinajstić information content (AvgIpc) is 2.72. The largest absolute Gasteiger partial charge is 0.478 e. The minimum absolute atomic E-state index is 0.236. The maximum Gasteiger partial charge on any atom is 0.339 e. The highest BCUT2D eigenvalue weighted by Gasteiger charge is 2.14. The van der Waals surface area contributed by atoms with Crippen LogP contribution < -0.4 is 5.32 Å². The number of aromatic carboxylic acids is 1. The average molecular weight is 259 g/mol. The zero-order chi connectivity index (χ0) is 14.0. The Morgan fingerprint density at radius 1 is 1.42 bits per heavy atom. The van der Waals surface area contributed by atoms with Crippen LogP contribution in [0.25, 0.3) is 0 Å². The van der Waals surface area contributed by atoms with Gasteiger partial charge in [-0.05, 0) is 31.0 Å². The van der Waals surface area contributed by atoms with E-state index in [1.807, 2.05) is 32.0 Å². The molecule has 5 nitrogen and oxygen atoms in total. The molecule has 2 N–H and O–H groups in total. The Kier molecular flexibility index (Phi) is 3.55. The summed E-state index contributed by atoms with van der Waals surface area (Å²) >= 11 is 0. The van der Waals surface area contributed by atoms with Crippen molar-refractivity contribution in [1.82, 2.24) is 9.78 Å². The van der Waals surface area contributed by atoms with Crippen molar-refractivity contribution >= 4 is 11.7 Å². The molecule has 0 aliphatic carbocycles. The molecule has 0 saturated carbocycles. The number of nitrogens with zero attached hydrogens (tertiary/aromatic N) is 2. The van der Waals surface area contributed by atoms with Crippen LogP contribution in [0, 0.1) is 13.8 Å². The van der Waals surface area contributed by atoms with Gasteiger partial charge in [-0.2, -0.15) is 5.10 Å². The lowest BCUT2D eigenvalue weighted by atomic mass is 10.1. The van der Waals surface area contributed by atoms with E-state index in [4.69, 9.17) is 5.11 Å². The molecule has 0 unspecified atom stereocenters. The number of hydrogen-bond acceptors (Lipinski definition) is 3. The Bertz CT molecular complexity index is 617. The van der Waals surface area contributed by atoms with Crippen molar-refractivity contribution < 1.29 is 9.90 Å². The molecule has 0 aliphatic heterocycles. The maximum absolute atomic E-state index is 11.1. The Hall–Kier alpha value is -2.30. The first kappa shape index (κ1) is 13.1. The quantitative estimate of drug-likeness (QED) is 0.884. The lowest BCUT2D eigenvalue weighted by molar-refractivity contribution is 0.0695. The summed E-state index contributed by atoms with van der Waals surface area (Å²) in [6.07, 6.45) is 1.38. The number of aryl methyl sites for hydroxylation is 3. The van der Waals surface area contributed by atoms with Gasteiger partial charge in [-0.15, -0.1) is 0 Å². The van der Waals surface area contributed by atoms with E-state index in [0.717, 1.165) is 16.8 Å². The topological polar surface area (TPSA) is 67.2 Å². The van der Waals surface area contributed by atoms with Gasteiger partial charge < -0.3 is 10.4 Å². The first-order valence-corrected chi connectivity index (χ1v) is 6.04. The molecule has 0 spiro atoms. The first-order valence-electron chi connectivity index (χ1n) is 6.04. The molecule has 1 aromatic carbocycles. The van der Waals surface area contributed by atoms with Crippen molar-refractivity contribution in [2.24, 2.45) is 7.05 Å². The van der Waals surface area contributed by atoms with Gasteiger partial charge in [0.1, 0.15) is 5.56 Å². The Morgan fingerprint density at radius 2 is 2.16 bits per heavy atom. The van der Waals surface area contributed by atoms with Crippen LogP contribution in [-0.2, 0) is 13.6 Å². The molecular formula is C14H17N3O2. The number of carboxylic acids is 1. The molecule has 0 saturated heterocycles. The van der Waals surface area contributed by atoms with E-state index < -0.39 is 5.97 Å². The molecule has 5 heteroatoms. The summed E-state index contributed by atoms with van der Waals surface area (Å²) in [6.45, 7) is 4.48. The molecule has 0 radical (unpaired) electrons. The fraction of sp³-hybridized carbons (Fsp3) is 0.286. The van der Waals surface area contributed by atoms with Crippen molar-refractivity contribution in [2.75, 3.05) is 5.32 Å². The van der Waals surface area contributed by atoms with E-state index in [1.54, 1.807) is 11.7 Å². The smallest absolute Gasteiger partial charge is 0.339 e. The number of carbonyl (C=O) groups is 1. The van der Waals surface area contributed by atoms with Gasteiger partial charge in [0.15, 0.2) is 0 Å². The Balaban J connectivity index is 2.21. The monoisotopic (exact) mass is 259 g/mol. The molecule has 1 heterocycles. The van der Waals surface area contributed by atoms with Gasteiger partial charge in [-0.1, -0.05) is 12.1 Å². The van der Waals surface area contributed by atoms with Gasteiger partial charge in [0.25, 0.3) is 0 Å². The lowest BCUT2D eigenvalue weighted by Crippen LogP contribution is -2.10. The normalized spacial score (nSPS) is 10.5. The lowest BCUT2D eigenvalue weighted by Gasteiger charge is -2.11. The SMILES string of the molecule is Cc1ccc(C)c(NCc2c(C(=O)O)cnn2C)c1. The minimum atomic E-state index is -0.953. The van der Waals surface area contributed by atoms with E-state index in [0.29, 0.717) is 12.2 Å². The van der Waals surface area contributed by atoms with Crippen LogP contribution in [-0.4, -0.2) is 20.9 Å². The molecule has 2 rings (SSSR count). The van der Waals surface area contributed by atoms with Crippen molar-refractivity contribution in [1.29, 1.82) is 0 Å². The van der Waals surface area contributed by atoms with Crippen LogP contribution in [0.4, 0.5) is 5.69 Å². The molecule has 19 heavy (non-hydrogen) atoms. The van der Waals surface area contributed by atoms with Crippen LogP contribution >= 0.6 is 0 Å². The summed E-state index contributed by atoms with van der Waals surface area (Å²) < 4.78 is 1.58. The van der Waals surface area contributed by atoms with E-state index in [2.05, 4.69) is 10.4 Å². The second-order valence-corrected chi connectivity index (χ2v) is 4.61. The summed E-state index contributed by atoms with van der Waals surface area (Å²) in [4.78, 5) is 11.1. The third-order valence-electron chi connectivity index (χ3n) is 3.13. The van der Waals surface area contributed by atoms with Crippen molar-refractivity contribution in [3.05, 3.63) is 46.8 Å². The second kappa shape index (κ2) is 5.14. The zero-order valence-electron chi connectivity index (χ0n) is 11.3. The number of hydrogen-bond donors (Lipinski definition) is 2. The van der Waals surface area contributed by atoms with Gasteiger partial charge in [-0.3, -0.25) is 4.68 Å². The third-order valence-corrected chi connectivity index (χ3v) is 3.13. The van der Waals surface area contributed by atoms with Gasteiger partial charge in [-0.25, -0.2) is 4.79 Å². The molecule has 0 amide bonds. The number of rotatable bonds is 4. The molecule has 0 bridgehead atoms.